The number of nitrogens with two attached hydrogens (primary N) is 1. The first kappa shape index (κ1) is 22.7. The van der Waals surface area contributed by atoms with Crippen LogP contribution in [-0.4, -0.2) is 39.4 Å². The van der Waals surface area contributed by atoms with E-state index in [1.165, 1.54) is 5.56 Å². The lowest BCUT2D eigenvalue weighted by atomic mass is 10.1. The van der Waals surface area contributed by atoms with Crippen molar-refractivity contribution < 1.29 is 9.26 Å². The van der Waals surface area contributed by atoms with Gasteiger partial charge in [0.05, 0.1) is 30.1 Å². The highest BCUT2D eigenvalue weighted by atomic mass is 16.5. The van der Waals surface area contributed by atoms with Gasteiger partial charge in [-0.2, -0.15) is 5.26 Å². The van der Waals surface area contributed by atoms with E-state index in [9.17, 15) is 0 Å². The number of aromatic nitrogens is 4. The average molecular weight is 468 g/mol. The summed E-state index contributed by atoms with van der Waals surface area (Å²) in [6.07, 6.45) is 5.56. The van der Waals surface area contributed by atoms with Crippen LogP contribution >= 0.6 is 0 Å². The lowest BCUT2D eigenvalue weighted by Crippen LogP contribution is -2.34. The van der Waals surface area contributed by atoms with Crippen molar-refractivity contribution in [2.24, 2.45) is 0 Å². The average Bonchev–Trinajstić information content (AvgIpc) is 3.39. The SMILES string of the molecule is N#CCc1cc(-c2cnc(N)c(-c3cc(-c4ccc(CNC5CCOCC5)cc4)no3)n2)ccn1. The standard InChI is InChI=1S/C26H25N7O2/c27-9-5-21-13-19(6-10-29-21)23-16-31-26(28)25(32-23)24-14-22(33-35-24)18-3-1-17(2-4-18)15-30-20-7-11-34-12-8-20/h1-4,6,10,13-14,16,20,30H,5,7-8,11-12,15H2,(H2,28,31). The largest absolute Gasteiger partial charge is 0.382 e. The van der Waals surface area contributed by atoms with E-state index in [4.69, 9.17) is 20.3 Å². The Morgan fingerprint density at radius 3 is 2.66 bits per heavy atom. The maximum absolute atomic E-state index is 8.94. The van der Waals surface area contributed by atoms with Gasteiger partial charge < -0.3 is 20.3 Å². The van der Waals surface area contributed by atoms with Crippen molar-refractivity contribution in [3.05, 3.63) is 66.1 Å². The van der Waals surface area contributed by atoms with Gasteiger partial charge in [0, 0.05) is 49.2 Å². The third-order valence-corrected chi connectivity index (χ3v) is 5.98. The van der Waals surface area contributed by atoms with Crippen LogP contribution in [0.2, 0.25) is 0 Å². The van der Waals surface area contributed by atoms with E-state index in [0.717, 1.165) is 43.7 Å². The molecule has 4 aromatic rings. The molecule has 0 aliphatic carbocycles. The first-order valence-corrected chi connectivity index (χ1v) is 11.5. The number of hydrogen-bond acceptors (Lipinski definition) is 9. The molecule has 35 heavy (non-hydrogen) atoms. The third kappa shape index (κ3) is 5.35. The molecule has 0 bridgehead atoms. The molecule has 1 saturated heterocycles. The number of nitriles is 1. The molecule has 0 spiro atoms. The number of ether oxygens (including phenoxy) is 1. The second-order valence-electron chi connectivity index (χ2n) is 8.40. The van der Waals surface area contributed by atoms with Crippen LogP contribution < -0.4 is 11.1 Å². The van der Waals surface area contributed by atoms with Gasteiger partial charge in [0.15, 0.2) is 17.3 Å². The van der Waals surface area contributed by atoms with Gasteiger partial charge in [-0.15, -0.1) is 0 Å². The van der Waals surface area contributed by atoms with E-state index in [2.05, 4.69) is 43.6 Å². The van der Waals surface area contributed by atoms with Crippen molar-refractivity contribution in [1.82, 2.24) is 25.4 Å². The Balaban J connectivity index is 1.32. The van der Waals surface area contributed by atoms with Gasteiger partial charge in [0.25, 0.3) is 0 Å². The summed E-state index contributed by atoms with van der Waals surface area (Å²) in [6, 6.07) is 16.3. The molecule has 1 fully saturated rings. The normalized spacial score (nSPS) is 14.0. The third-order valence-electron chi connectivity index (χ3n) is 5.98. The molecule has 5 rings (SSSR count). The van der Waals surface area contributed by atoms with Gasteiger partial charge in [-0.1, -0.05) is 29.4 Å². The minimum atomic E-state index is 0.221. The Morgan fingerprint density at radius 1 is 1.03 bits per heavy atom. The number of pyridine rings is 1. The van der Waals surface area contributed by atoms with Gasteiger partial charge in [0.2, 0.25) is 0 Å². The minimum absolute atomic E-state index is 0.221. The van der Waals surface area contributed by atoms with Crippen LogP contribution in [0.3, 0.4) is 0 Å². The molecular formula is C26H25N7O2. The monoisotopic (exact) mass is 467 g/mol. The molecule has 0 radical (unpaired) electrons. The van der Waals surface area contributed by atoms with Crippen molar-refractivity contribution >= 4 is 5.82 Å². The number of hydrogen-bond donors (Lipinski definition) is 2. The molecule has 0 saturated carbocycles. The van der Waals surface area contributed by atoms with Gasteiger partial charge in [-0.3, -0.25) is 4.98 Å². The fourth-order valence-corrected chi connectivity index (χ4v) is 4.01. The molecule has 3 N–H and O–H groups in total. The zero-order chi connectivity index (χ0) is 24.0. The highest BCUT2D eigenvalue weighted by Crippen LogP contribution is 2.29. The van der Waals surface area contributed by atoms with E-state index >= 15 is 0 Å². The molecule has 1 aromatic carbocycles. The van der Waals surface area contributed by atoms with Crippen molar-refractivity contribution in [3.63, 3.8) is 0 Å². The highest BCUT2D eigenvalue weighted by Gasteiger charge is 2.16. The van der Waals surface area contributed by atoms with Crippen LogP contribution in [0.5, 0.6) is 0 Å². The summed E-state index contributed by atoms with van der Waals surface area (Å²) >= 11 is 0. The molecule has 1 aliphatic rings. The smallest absolute Gasteiger partial charge is 0.189 e. The van der Waals surface area contributed by atoms with Crippen molar-refractivity contribution in [2.75, 3.05) is 18.9 Å². The molecule has 1 aliphatic heterocycles. The fraction of sp³-hybridized carbons (Fsp3) is 0.269. The van der Waals surface area contributed by atoms with Gasteiger partial charge >= 0.3 is 0 Å². The molecule has 3 aromatic heterocycles. The van der Waals surface area contributed by atoms with Gasteiger partial charge in [-0.25, -0.2) is 9.97 Å². The first-order valence-electron chi connectivity index (χ1n) is 11.5. The van der Waals surface area contributed by atoms with Gasteiger partial charge in [-0.05, 0) is 30.5 Å². The number of nitrogens with one attached hydrogen (secondary N) is 1. The Hall–Kier alpha value is -4.13. The molecule has 176 valence electrons. The van der Waals surface area contributed by atoms with Crippen LogP contribution in [0.25, 0.3) is 34.0 Å². The Bertz CT molecular complexity index is 1340. The summed E-state index contributed by atoms with van der Waals surface area (Å²) in [7, 11) is 0. The maximum atomic E-state index is 8.94. The van der Waals surface area contributed by atoms with E-state index in [0.29, 0.717) is 34.6 Å². The predicted octanol–water partition coefficient (Wildman–Crippen LogP) is 3.78. The van der Waals surface area contributed by atoms with Crippen LogP contribution in [0.4, 0.5) is 5.82 Å². The molecule has 9 nitrogen and oxygen atoms in total. The maximum Gasteiger partial charge on any atom is 0.189 e. The van der Waals surface area contributed by atoms with E-state index in [1.807, 2.05) is 30.3 Å². The summed E-state index contributed by atoms with van der Waals surface area (Å²) in [5, 5.41) is 16.8. The van der Waals surface area contributed by atoms with Gasteiger partial charge in [0.1, 0.15) is 5.69 Å². The fourth-order valence-electron chi connectivity index (χ4n) is 4.01. The van der Waals surface area contributed by atoms with Crippen molar-refractivity contribution in [2.45, 2.75) is 31.8 Å². The van der Waals surface area contributed by atoms with Crippen molar-refractivity contribution in [1.29, 1.82) is 5.26 Å². The molecule has 9 heteroatoms. The summed E-state index contributed by atoms with van der Waals surface area (Å²) in [5.41, 5.74) is 11.4. The quantitative estimate of drug-likeness (QED) is 0.416. The Labute approximate surface area is 203 Å². The number of anilines is 1. The molecule has 4 heterocycles. The summed E-state index contributed by atoms with van der Waals surface area (Å²) < 4.78 is 11.0. The molecular weight excluding hydrogens is 442 g/mol. The predicted molar refractivity (Wildman–Crippen MR) is 131 cm³/mol. The molecule has 0 unspecified atom stereocenters. The Kier molecular flexibility index (Phi) is 6.75. The van der Waals surface area contributed by atoms with E-state index in [-0.39, 0.29) is 12.2 Å². The van der Waals surface area contributed by atoms with E-state index < -0.39 is 0 Å². The number of nitrogens with zero attached hydrogens (tertiary/aromatic N) is 5. The zero-order valence-electron chi connectivity index (χ0n) is 19.1. The summed E-state index contributed by atoms with van der Waals surface area (Å²) in [6.45, 7) is 2.47. The lowest BCUT2D eigenvalue weighted by Gasteiger charge is -2.23. The van der Waals surface area contributed by atoms with Crippen LogP contribution in [0, 0.1) is 11.3 Å². The number of benzene rings is 1. The molecule has 0 atom stereocenters. The van der Waals surface area contributed by atoms with Crippen LogP contribution in [0.1, 0.15) is 24.1 Å². The van der Waals surface area contributed by atoms with Crippen LogP contribution in [0.15, 0.2) is 59.4 Å². The van der Waals surface area contributed by atoms with Crippen molar-refractivity contribution in [3.8, 4) is 40.0 Å². The lowest BCUT2D eigenvalue weighted by molar-refractivity contribution is 0.0776. The second-order valence-corrected chi connectivity index (χ2v) is 8.40. The van der Waals surface area contributed by atoms with Crippen LogP contribution in [-0.2, 0) is 17.7 Å². The number of rotatable bonds is 7. The Morgan fingerprint density at radius 2 is 1.86 bits per heavy atom. The summed E-state index contributed by atoms with van der Waals surface area (Å²) in [4.78, 5) is 13.1. The first-order chi connectivity index (χ1) is 17.2. The molecule has 0 amide bonds. The minimum Gasteiger partial charge on any atom is -0.382 e. The number of nitrogen functional groups attached to an aromatic ring is 1. The second kappa shape index (κ2) is 10.4. The topological polar surface area (TPSA) is 136 Å². The summed E-state index contributed by atoms with van der Waals surface area (Å²) in [5.74, 6) is 0.681. The van der Waals surface area contributed by atoms with E-state index in [1.54, 1.807) is 12.4 Å². The highest BCUT2D eigenvalue weighted by molar-refractivity contribution is 5.73. The zero-order valence-corrected chi connectivity index (χ0v) is 19.1.